The van der Waals surface area contributed by atoms with E-state index in [1.54, 1.807) is 14.2 Å². The zero-order valence-corrected chi connectivity index (χ0v) is 17.8. The van der Waals surface area contributed by atoms with Crippen LogP contribution in [0.5, 0.6) is 5.75 Å². The minimum Gasteiger partial charge on any atom is -0.497 e. The molecule has 5 rings (SSSR count). The number of methoxy groups -OCH3 is 3. The minimum absolute atomic E-state index is 0.124. The van der Waals surface area contributed by atoms with Crippen LogP contribution in [0, 0.1) is 17.8 Å². The van der Waals surface area contributed by atoms with Crippen molar-refractivity contribution in [3.05, 3.63) is 29.5 Å². The lowest BCUT2D eigenvalue weighted by Crippen LogP contribution is -2.57. The van der Waals surface area contributed by atoms with Crippen molar-refractivity contribution in [2.45, 2.75) is 37.5 Å². The number of rotatable bonds is 3. The van der Waals surface area contributed by atoms with Crippen LogP contribution in [0.15, 0.2) is 18.2 Å². The Bertz CT molecular complexity index is 956. The highest BCUT2D eigenvalue weighted by Gasteiger charge is 2.53. The molecule has 3 heterocycles. The lowest BCUT2D eigenvalue weighted by atomic mass is 9.64. The van der Waals surface area contributed by atoms with Crippen molar-refractivity contribution < 1.29 is 24.1 Å². The zero-order chi connectivity index (χ0) is 21.0. The molecule has 1 aromatic carbocycles. The van der Waals surface area contributed by atoms with Gasteiger partial charge in [0.15, 0.2) is 0 Å². The van der Waals surface area contributed by atoms with Crippen molar-refractivity contribution in [1.82, 2.24) is 9.88 Å². The van der Waals surface area contributed by atoms with Crippen molar-refractivity contribution in [2.24, 2.45) is 17.8 Å². The number of aromatic nitrogens is 1. The second-order valence-electron chi connectivity index (χ2n) is 8.90. The van der Waals surface area contributed by atoms with Crippen molar-refractivity contribution in [3.63, 3.8) is 0 Å². The summed E-state index contributed by atoms with van der Waals surface area (Å²) in [5.74, 6) is 0.514. The Morgan fingerprint density at radius 3 is 2.80 bits per heavy atom. The smallest absolute Gasteiger partial charge is 0.311 e. The number of aliphatic hydroxyl groups excluding tert-OH is 1. The summed E-state index contributed by atoms with van der Waals surface area (Å²) in [5, 5.41) is 11.9. The number of aromatic amines is 1. The van der Waals surface area contributed by atoms with Crippen molar-refractivity contribution in [3.8, 4) is 5.75 Å². The number of benzene rings is 1. The number of piperidine rings is 1. The Morgan fingerprint density at radius 1 is 1.23 bits per heavy atom. The summed E-state index contributed by atoms with van der Waals surface area (Å²) in [6, 6.07) is 6.44. The topological polar surface area (TPSA) is 84.0 Å². The number of nitrogens with one attached hydrogen (secondary N) is 1. The molecule has 2 aliphatic heterocycles. The van der Waals surface area contributed by atoms with Crippen LogP contribution in [0.25, 0.3) is 10.9 Å². The number of carbonyl (C=O) groups excluding carboxylic acids is 1. The fraction of sp³-hybridized carbons (Fsp3) is 0.609. The molecule has 0 spiro atoms. The fourth-order valence-corrected chi connectivity index (χ4v) is 6.27. The van der Waals surface area contributed by atoms with E-state index in [1.165, 1.54) is 23.8 Å². The molecule has 2 N–H and O–H groups in total. The van der Waals surface area contributed by atoms with Gasteiger partial charge in [-0.3, -0.25) is 9.69 Å². The number of aliphatic hydroxyl groups is 1. The van der Waals surface area contributed by atoms with Crippen LogP contribution < -0.4 is 4.74 Å². The standard InChI is InChI=1S/C23H30N2O5/c1-28-13-4-5-14-15-6-7-25-11-12-8-19(26)22(29-2)20(23(27)30-3)16(12)10-18(25)21(15)24-17(14)9-13/h4-5,9,12,16,18-20,22,24,26H,6-8,10-11H2,1-3H3/t12-,16+,18+,19+,20+,22+/m0/s1. The largest absolute Gasteiger partial charge is 0.497 e. The highest BCUT2D eigenvalue weighted by molar-refractivity contribution is 5.86. The molecule has 162 valence electrons. The van der Waals surface area contributed by atoms with Gasteiger partial charge in [0.25, 0.3) is 0 Å². The molecule has 2 aromatic rings. The van der Waals surface area contributed by atoms with Crippen LogP contribution in [-0.2, 0) is 20.7 Å². The monoisotopic (exact) mass is 414 g/mol. The average Bonchev–Trinajstić information content (AvgIpc) is 3.14. The summed E-state index contributed by atoms with van der Waals surface area (Å²) in [6.07, 6.45) is 1.36. The molecule has 3 aliphatic rings. The van der Waals surface area contributed by atoms with Gasteiger partial charge < -0.3 is 24.3 Å². The van der Waals surface area contributed by atoms with E-state index >= 15 is 0 Å². The lowest BCUT2D eigenvalue weighted by Gasteiger charge is -2.52. The minimum atomic E-state index is -0.641. The van der Waals surface area contributed by atoms with Gasteiger partial charge in [-0.05, 0) is 48.8 Å². The Hall–Kier alpha value is -2.09. The first-order valence-electron chi connectivity index (χ1n) is 10.8. The Morgan fingerprint density at radius 2 is 2.07 bits per heavy atom. The second-order valence-corrected chi connectivity index (χ2v) is 8.90. The fourth-order valence-electron chi connectivity index (χ4n) is 6.27. The molecule has 1 saturated heterocycles. The Balaban J connectivity index is 1.52. The molecule has 6 atom stereocenters. The highest BCUT2D eigenvalue weighted by atomic mass is 16.5. The summed E-state index contributed by atoms with van der Waals surface area (Å²) in [5.41, 5.74) is 3.73. The maximum atomic E-state index is 12.7. The molecule has 2 fully saturated rings. The van der Waals surface area contributed by atoms with E-state index in [1.807, 2.05) is 6.07 Å². The molecule has 0 bridgehead atoms. The average molecular weight is 415 g/mol. The maximum Gasteiger partial charge on any atom is 0.311 e. The lowest BCUT2D eigenvalue weighted by molar-refractivity contribution is -0.175. The first-order valence-corrected chi connectivity index (χ1v) is 10.8. The third-order valence-electron chi connectivity index (χ3n) is 7.62. The molecule has 1 saturated carbocycles. The number of esters is 1. The van der Waals surface area contributed by atoms with Crippen LogP contribution in [0.3, 0.4) is 0 Å². The predicted molar refractivity (Wildman–Crippen MR) is 111 cm³/mol. The molecule has 1 aliphatic carbocycles. The van der Waals surface area contributed by atoms with E-state index in [9.17, 15) is 9.90 Å². The summed E-state index contributed by atoms with van der Waals surface area (Å²) in [4.78, 5) is 18.9. The van der Waals surface area contributed by atoms with E-state index in [4.69, 9.17) is 14.2 Å². The van der Waals surface area contributed by atoms with Crippen LogP contribution in [0.4, 0.5) is 0 Å². The van der Waals surface area contributed by atoms with E-state index in [0.717, 1.165) is 37.2 Å². The molecule has 1 aromatic heterocycles. The van der Waals surface area contributed by atoms with Gasteiger partial charge in [-0.2, -0.15) is 0 Å². The number of H-pyrrole nitrogens is 1. The zero-order valence-electron chi connectivity index (χ0n) is 17.8. The van der Waals surface area contributed by atoms with Crippen molar-refractivity contribution in [2.75, 3.05) is 34.4 Å². The SMILES string of the molecule is COC(=O)[C@@H]1[C@@H]2C[C@@H]3c4[nH]c5cc(OC)ccc5c4CCN3C[C@@H]2C[C@@H](O)[C@H]1OC. The van der Waals surface area contributed by atoms with Gasteiger partial charge >= 0.3 is 5.97 Å². The third-order valence-corrected chi connectivity index (χ3v) is 7.62. The van der Waals surface area contributed by atoms with E-state index in [0.29, 0.717) is 6.42 Å². The number of hydrogen-bond donors (Lipinski definition) is 2. The Kier molecular flexibility index (Phi) is 5.00. The first kappa shape index (κ1) is 19.8. The first-order chi connectivity index (χ1) is 14.5. The molecule has 0 unspecified atom stereocenters. The number of hydrogen-bond acceptors (Lipinski definition) is 6. The molecular weight excluding hydrogens is 384 g/mol. The van der Waals surface area contributed by atoms with Crippen LogP contribution in [0.2, 0.25) is 0 Å². The van der Waals surface area contributed by atoms with E-state index in [2.05, 4.69) is 22.0 Å². The number of fused-ring (bicyclic) bond motifs is 6. The van der Waals surface area contributed by atoms with E-state index in [-0.39, 0.29) is 23.8 Å². The Labute approximate surface area is 176 Å². The quantitative estimate of drug-likeness (QED) is 0.750. The maximum absolute atomic E-state index is 12.7. The molecule has 7 nitrogen and oxygen atoms in total. The summed E-state index contributed by atoms with van der Waals surface area (Å²) in [6.45, 7) is 1.88. The van der Waals surface area contributed by atoms with Gasteiger partial charge in [-0.25, -0.2) is 0 Å². The van der Waals surface area contributed by atoms with Crippen molar-refractivity contribution in [1.29, 1.82) is 0 Å². The summed E-state index contributed by atoms with van der Waals surface area (Å²) < 4.78 is 16.1. The number of carbonyl (C=O) groups is 1. The van der Waals surface area contributed by atoms with E-state index < -0.39 is 18.1 Å². The molecule has 30 heavy (non-hydrogen) atoms. The predicted octanol–water partition coefficient (Wildman–Crippen LogP) is 2.28. The second kappa shape index (κ2) is 7.55. The van der Waals surface area contributed by atoms with Gasteiger partial charge in [-0.15, -0.1) is 0 Å². The van der Waals surface area contributed by atoms with Gasteiger partial charge in [0, 0.05) is 42.9 Å². The molecule has 0 radical (unpaired) electrons. The van der Waals surface area contributed by atoms with Crippen LogP contribution >= 0.6 is 0 Å². The summed E-state index contributed by atoms with van der Waals surface area (Å²) >= 11 is 0. The number of ether oxygens (including phenoxy) is 3. The summed E-state index contributed by atoms with van der Waals surface area (Å²) in [7, 11) is 4.68. The van der Waals surface area contributed by atoms with Crippen molar-refractivity contribution >= 4 is 16.9 Å². The third kappa shape index (κ3) is 2.94. The van der Waals surface area contributed by atoms with Gasteiger partial charge in [-0.1, -0.05) is 0 Å². The highest BCUT2D eigenvalue weighted by Crippen LogP contribution is 2.50. The van der Waals surface area contributed by atoms with Gasteiger partial charge in [0.1, 0.15) is 5.75 Å². The van der Waals surface area contributed by atoms with Crippen LogP contribution in [-0.4, -0.2) is 67.6 Å². The van der Waals surface area contributed by atoms with Gasteiger partial charge in [0.2, 0.25) is 0 Å². The molecule has 0 amide bonds. The molecule has 7 heteroatoms. The number of nitrogens with zero attached hydrogens (tertiary/aromatic N) is 1. The normalized spacial score (nSPS) is 33.5. The van der Waals surface area contributed by atoms with Crippen LogP contribution in [0.1, 0.15) is 30.1 Å². The van der Waals surface area contributed by atoms with Gasteiger partial charge in [0.05, 0.1) is 38.4 Å². The molecular formula is C23H30N2O5.